The second-order valence-corrected chi connectivity index (χ2v) is 6.70. The van der Waals surface area contributed by atoms with Crippen molar-refractivity contribution in [2.45, 2.75) is 31.1 Å². The number of rotatable bonds is 5. The Morgan fingerprint density at radius 2 is 2.26 bits per heavy atom. The smallest absolute Gasteiger partial charge is 0.107 e. The van der Waals surface area contributed by atoms with Gasteiger partial charge in [-0.2, -0.15) is 0 Å². The van der Waals surface area contributed by atoms with E-state index >= 15 is 0 Å². The van der Waals surface area contributed by atoms with Crippen LogP contribution < -0.4 is 11.1 Å². The van der Waals surface area contributed by atoms with E-state index in [4.69, 9.17) is 18.0 Å². The molecule has 4 heteroatoms. The lowest BCUT2D eigenvalue weighted by Crippen LogP contribution is -2.17. The van der Waals surface area contributed by atoms with Crippen LogP contribution in [0.3, 0.4) is 0 Å². The van der Waals surface area contributed by atoms with Crippen LogP contribution in [0.15, 0.2) is 23.1 Å². The fourth-order valence-corrected chi connectivity index (χ4v) is 3.79. The molecule has 104 valence electrons. The van der Waals surface area contributed by atoms with Gasteiger partial charge in [0.05, 0.1) is 0 Å². The highest BCUT2D eigenvalue weighted by Crippen LogP contribution is 2.32. The molecule has 0 amide bonds. The standard InChI is InChI=1S/C15H22N2S2/c1-10-6-7-11(8-10)9-17-12-4-3-5-13(19-2)14(12)15(16)18/h3-5,10-11,17H,6-9H2,1-2H3,(H2,16,18). The van der Waals surface area contributed by atoms with Crippen molar-refractivity contribution in [1.29, 1.82) is 0 Å². The molecular formula is C15H22N2S2. The Bertz CT molecular complexity index is 459. The van der Waals surface area contributed by atoms with Gasteiger partial charge in [0.15, 0.2) is 0 Å². The summed E-state index contributed by atoms with van der Waals surface area (Å²) in [6.07, 6.45) is 6.08. The molecule has 0 radical (unpaired) electrons. The first-order valence-electron chi connectivity index (χ1n) is 6.82. The number of thioether (sulfide) groups is 1. The Morgan fingerprint density at radius 1 is 1.47 bits per heavy atom. The third-order valence-corrected chi connectivity index (χ3v) is 4.86. The Hall–Kier alpha value is -0.740. The summed E-state index contributed by atoms with van der Waals surface area (Å²) < 4.78 is 0. The van der Waals surface area contributed by atoms with E-state index in [0.29, 0.717) is 4.99 Å². The molecule has 0 saturated heterocycles. The van der Waals surface area contributed by atoms with Gasteiger partial charge in [-0.15, -0.1) is 11.8 Å². The van der Waals surface area contributed by atoms with E-state index in [1.165, 1.54) is 19.3 Å². The van der Waals surface area contributed by atoms with Gasteiger partial charge in [-0.1, -0.05) is 31.6 Å². The highest BCUT2D eigenvalue weighted by molar-refractivity contribution is 7.98. The molecule has 0 aromatic heterocycles. The van der Waals surface area contributed by atoms with Crippen LogP contribution in [0.5, 0.6) is 0 Å². The van der Waals surface area contributed by atoms with Crippen LogP contribution in [0.4, 0.5) is 5.69 Å². The summed E-state index contributed by atoms with van der Waals surface area (Å²) in [6.45, 7) is 3.37. The minimum atomic E-state index is 0.479. The lowest BCUT2D eigenvalue weighted by Gasteiger charge is -2.17. The van der Waals surface area contributed by atoms with Gasteiger partial charge in [0, 0.05) is 22.7 Å². The predicted molar refractivity (Wildman–Crippen MR) is 89.1 cm³/mol. The molecule has 2 atom stereocenters. The van der Waals surface area contributed by atoms with Crippen LogP contribution in [0.25, 0.3) is 0 Å². The number of nitrogens with two attached hydrogens (primary N) is 1. The molecule has 0 bridgehead atoms. The van der Waals surface area contributed by atoms with Crippen molar-refractivity contribution in [1.82, 2.24) is 0 Å². The molecule has 1 aliphatic rings. The van der Waals surface area contributed by atoms with E-state index in [-0.39, 0.29) is 0 Å². The number of hydrogen-bond acceptors (Lipinski definition) is 3. The first-order valence-corrected chi connectivity index (χ1v) is 8.45. The molecule has 1 fully saturated rings. The van der Waals surface area contributed by atoms with Crippen LogP contribution in [-0.2, 0) is 0 Å². The van der Waals surface area contributed by atoms with Crippen molar-refractivity contribution in [3.05, 3.63) is 23.8 Å². The molecule has 1 aromatic rings. The summed E-state index contributed by atoms with van der Waals surface area (Å²) in [4.78, 5) is 1.63. The quantitative estimate of drug-likeness (QED) is 0.638. The second kappa shape index (κ2) is 6.62. The molecule has 3 N–H and O–H groups in total. The van der Waals surface area contributed by atoms with Crippen molar-refractivity contribution in [3.8, 4) is 0 Å². The largest absolute Gasteiger partial charge is 0.389 e. The molecule has 0 spiro atoms. The summed E-state index contributed by atoms with van der Waals surface area (Å²) in [6, 6.07) is 6.21. The van der Waals surface area contributed by atoms with Crippen LogP contribution in [0.2, 0.25) is 0 Å². The highest BCUT2D eigenvalue weighted by atomic mass is 32.2. The first kappa shape index (κ1) is 14.7. The highest BCUT2D eigenvalue weighted by Gasteiger charge is 2.21. The normalized spacial score (nSPS) is 22.4. The van der Waals surface area contributed by atoms with Gasteiger partial charge in [0.2, 0.25) is 0 Å². The van der Waals surface area contributed by atoms with Gasteiger partial charge in [-0.25, -0.2) is 0 Å². The van der Waals surface area contributed by atoms with E-state index in [1.807, 2.05) is 0 Å². The molecule has 2 unspecified atom stereocenters. The average molecular weight is 294 g/mol. The molecule has 1 aromatic carbocycles. The SMILES string of the molecule is CSc1cccc(NCC2CCC(C)C2)c1C(N)=S. The van der Waals surface area contributed by atoms with Crippen molar-refractivity contribution >= 4 is 34.7 Å². The average Bonchev–Trinajstić information content (AvgIpc) is 2.81. The van der Waals surface area contributed by atoms with E-state index < -0.39 is 0 Å². The van der Waals surface area contributed by atoms with Crippen LogP contribution >= 0.6 is 24.0 Å². The molecule has 0 aliphatic heterocycles. The molecule has 0 heterocycles. The topological polar surface area (TPSA) is 38.0 Å². The molecule has 19 heavy (non-hydrogen) atoms. The zero-order chi connectivity index (χ0) is 13.8. The maximum atomic E-state index is 5.87. The van der Waals surface area contributed by atoms with Crippen LogP contribution in [0.1, 0.15) is 31.7 Å². The lowest BCUT2D eigenvalue weighted by molar-refractivity contribution is 0.537. The summed E-state index contributed by atoms with van der Waals surface area (Å²) in [5.41, 5.74) is 7.95. The van der Waals surface area contributed by atoms with Crippen molar-refractivity contribution < 1.29 is 0 Å². The number of anilines is 1. The maximum Gasteiger partial charge on any atom is 0.107 e. The van der Waals surface area contributed by atoms with Crippen LogP contribution in [-0.4, -0.2) is 17.8 Å². The van der Waals surface area contributed by atoms with Crippen LogP contribution in [0, 0.1) is 11.8 Å². The summed E-state index contributed by atoms with van der Waals surface area (Å²) in [5.74, 6) is 1.66. The molecule has 2 rings (SSSR count). The number of hydrogen-bond donors (Lipinski definition) is 2. The first-order chi connectivity index (χ1) is 9.11. The van der Waals surface area contributed by atoms with E-state index in [1.54, 1.807) is 11.8 Å². The predicted octanol–water partition coefficient (Wildman–Crippen LogP) is 3.89. The fraction of sp³-hybridized carbons (Fsp3) is 0.533. The van der Waals surface area contributed by atoms with E-state index in [9.17, 15) is 0 Å². The van der Waals surface area contributed by atoms with Crippen molar-refractivity contribution in [2.75, 3.05) is 18.1 Å². The molecule has 1 aliphatic carbocycles. The van der Waals surface area contributed by atoms with Gasteiger partial charge in [0.1, 0.15) is 4.99 Å². The Labute approximate surface area is 125 Å². The second-order valence-electron chi connectivity index (χ2n) is 5.41. The Morgan fingerprint density at radius 3 is 2.84 bits per heavy atom. The maximum absolute atomic E-state index is 5.87. The number of nitrogens with one attached hydrogen (secondary N) is 1. The van der Waals surface area contributed by atoms with Gasteiger partial charge in [0.25, 0.3) is 0 Å². The molecular weight excluding hydrogens is 272 g/mol. The van der Waals surface area contributed by atoms with Crippen molar-refractivity contribution in [3.63, 3.8) is 0 Å². The zero-order valence-corrected chi connectivity index (χ0v) is 13.2. The van der Waals surface area contributed by atoms with Gasteiger partial charge in [-0.3, -0.25) is 0 Å². The van der Waals surface area contributed by atoms with E-state index in [2.05, 4.69) is 36.7 Å². The lowest BCUT2D eigenvalue weighted by atomic mass is 10.1. The molecule has 1 saturated carbocycles. The summed E-state index contributed by atoms with van der Waals surface area (Å²) in [5, 5.41) is 3.55. The Kier molecular flexibility index (Phi) is 5.11. The van der Waals surface area contributed by atoms with Crippen molar-refractivity contribution in [2.24, 2.45) is 17.6 Å². The fourth-order valence-electron chi connectivity index (χ4n) is 2.87. The van der Waals surface area contributed by atoms with E-state index in [0.717, 1.165) is 34.5 Å². The van der Waals surface area contributed by atoms with Gasteiger partial charge in [-0.05, 0) is 43.1 Å². The number of benzene rings is 1. The Balaban J connectivity index is 2.09. The monoisotopic (exact) mass is 294 g/mol. The number of thiocarbonyl (C=S) groups is 1. The zero-order valence-electron chi connectivity index (χ0n) is 11.6. The summed E-state index contributed by atoms with van der Waals surface area (Å²) >= 11 is 6.88. The third kappa shape index (κ3) is 3.63. The van der Waals surface area contributed by atoms with Gasteiger partial charge < -0.3 is 11.1 Å². The molecule has 2 nitrogen and oxygen atoms in total. The third-order valence-electron chi connectivity index (χ3n) is 3.88. The summed E-state index contributed by atoms with van der Waals surface area (Å²) in [7, 11) is 0. The minimum absolute atomic E-state index is 0.479. The van der Waals surface area contributed by atoms with Gasteiger partial charge >= 0.3 is 0 Å². The minimum Gasteiger partial charge on any atom is -0.389 e.